The summed E-state index contributed by atoms with van der Waals surface area (Å²) in [5.74, 6) is -0.370. The fraction of sp³-hybridized carbons (Fsp3) is 0.962. The van der Waals surface area contributed by atoms with Crippen LogP contribution in [0.1, 0.15) is 78.6 Å². The van der Waals surface area contributed by atoms with Gasteiger partial charge in [0.05, 0.1) is 35.9 Å². The summed E-state index contributed by atoms with van der Waals surface area (Å²) < 4.78 is 30.8. The summed E-state index contributed by atoms with van der Waals surface area (Å²) in [5, 5.41) is 36.5. The lowest BCUT2D eigenvalue weighted by atomic mass is 9.43. The first kappa shape index (κ1) is 28.9. The molecule has 11 atom stereocenters. The highest BCUT2D eigenvalue weighted by atomic mass is 32.2. The Morgan fingerprint density at radius 3 is 2.43 bits per heavy atom. The predicted octanol–water partition coefficient (Wildman–Crippen LogP) is 2.76. The maximum Gasteiger partial charge on any atom is 0.266 e. The van der Waals surface area contributed by atoms with E-state index in [2.05, 4.69) is 26.1 Å². The summed E-state index contributed by atoms with van der Waals surface area (Å²) in [6, 6.07) is 0. The van der Waals surface area contributed by atoms with Crippen LogP contribution in [0.2, 0.25) is 0 Å². The molecule has 0 aliphatic heterocycles. The second-order valence-corrected chi connectivity index (χ2v) is 14.5. The number of hydrogen-bond acceptors (Lipinski definition) is 8. The van der Waals surface area contributed by atoms with Crippen LogP contribution in [-0.2, 0) is 14.9 Å². The van der Waals surface area contributed by atoms with Crippen molar-refractivity contribution in [3.05, 3.63) is 4.91 Å². The number of aliphatic hydroxyl groups excluding tert-OH is 3. The molecule has 0 bridgehead atoms. The zero-order valence-electron chi connectivity index (χ0n) is 22.2. The summed E-state index contributed by atoms with van der Waals surface area (Å²) in [4.78, 5) is 23.6. The zero-order valence-corrected chi connectivity index (χ0v) is 23.0. The van der Waals surface area contributed by atoms with Crippen molar-refractivity contribution in [1.29, 1.82) is 0 Å². The molecule has 0 spiro atoms. The van der Waals surface area contributed by atoms with Crippen LogP contribution in [0, 0.1) is 51.2 Å². The van der Waals surface area contributed by atoms with Crippen LogP contribution in [0.15, 0.2) is 5.29 Å². The molecule has 0 heterocycles. The molecule has 4 aliphatic rings. The standard InChI is InChI=1S/C26H44N2O8S/c1-15(4-7-23(32)28(27-33)10-11-37(34,35)36)18-5-6-19-24-20(14-22(31)26(18,19)3)25(2)9-8-17(29)12-16(25)13-21(24)30/h15-22,24,29-31H,4-14H2,1-3H3,(H,34,35,36)/t15-,16?,17+,18+,19?,20?,21?,22?,24?,25?,26?/m0/s1. The largest absolute Gasteiger partial charge is 0.393 e. The molecule has 8 unspecified atom stereocenters. The van der Waals surface area contributed by atoms with Crippen LogP contribution in [0.3, 0.4) is 0 Å². The van der Waals surface area contributed by atoms with E-state index in [1.807, 2.05) is 0 Å². The lowest BCUT2D eigenvalue weighted by Crippen LogP contribution is -2.62. The van der Waals surface area contributed by atoms with Gasteiger partial charge in [-0.25, -0.2) is 0 Å². The smallest absolute Gasteiger partial charge is 0.266 e. The Bertz CT molecular complexity index is 978. The number of nitroso groups, excluding NO2 is 1. The summed E-state index contributed by atoms with van der Waals surface area (Å²) in [6.07, 6.45) is 4.75. The van der Waals surface area contributed by atoms with Crippen molar-refractivity contribution >= 4 is 16.0 Å². The van der Waals surface area contributed by atoms with E-state index in [0.29, 0.717) is 24.3 Å². The summed E-state index contributed by atoms with van der Waals surface area (Å²) >= 11 is 0. The van der Waals surface area contributed by atoms with E-state index in [-0.39, 0.29) is 53.4 Å². The van der Waals surface area contributed by atoms with Crippen LogP contribution in [0.5, 0.6) is 0 Å². The number of fused-ring (bicyclic) bond motifs is 5. The summed E-state index contributed by atoms with van der Waals surface area (Å²) in [7, 11) is -4.32. The van der Waals surface area contributed by atoms with Crippen molar-refractivity contribution in [1.82, 2.24) is 5.01 Å². The highest BCUT2D eigenvalue weighted by Crippen LogP contribution is 2.68. The molecule has 4 N–H and O–H groups in total. The Labute approximate surface area is 219 Å². The molecule has 1 amide bonds. The fourth-order valence-corrected chi connectivity index (χ4v) is 9.63. The van der Waals surface area contributed by atoms with Gasteiger partial charge in [-0.15, -0.1) is 4.91 Å². The van der Waals surface area contributed by atoms with Gasteiger partial charge in [0, 0.05) is 6.42 Å². The third kappa shape index (κ3) is 5.23. The number of nitrogens with zero attached hydrogens (tertiary/aromatic N) is 2. The maximum absolute atomic E-state index is 12.5. The van der Waals surface area contributed by atoms with E-state index in [1.165, 1.54) is 0 Å². The minimum absolute atomic E-state index is 0.00883. The van der Waals surface area contributed by atoms with E-state index < -0.39 is 45.9 Å². The molecular weight excluding hydrogens is 500 g/mol. The molecule has 0 saturated heterocycles. The van der Waals surface area contributed by atoms with Gasteiger partial charge in [0.25, 0.3) is 10.1 Å². The number of carbonyl (C=O) groups is 1. The van der Waals surface area contributed by atoms with Crippen molar-refractivity contribution in [2.75, 3.05) is 12.3 Å². The van der Waals surface area contributed by atoms with E-state index in [1.54, 1.807) is 0 Å². The SMILES string of the molecule is C[C@@H](CCC(=O)N(CCS(=O)(=O)O)N=O)[C@H]1CCC2C3C(O)CC4C[C@H](O)CCC4(C)C3CC(O)C21C. The van der Waals surface area contributed by atoms with Crippen LogP contribution >= 0.6 is 0 Å². The Kier molecular flexibility index (Phi) is 8.15. The quantitative estimate of drug-likeness (QED) is 0.206. The normalized spacial score (nSPS) is 44.3. The van der Waals surface area contributed by atoms with E-state index in [0.717, 1.165) is 32.1 Å². The number of carbonyl (C=O) groups excluding carboxylic acids is 1. The monoisotopic (exact) mass is 544 g/mol. The third-order valence-corrected chi connectivity index (χ3v) is 12.0. The Morgan fingerprint density at radius 2 is 1.78 bits per heavy atom. The minimum Gasteiger partial charge on any atom is -0.393 e. The Hall–Kier alpha value is -1.14. The molecule has 11 heteroatoms. The third-order valence-electron chi connectivity index (χ3n) is 11.3. The molecule has 0 radical (unpaired) electrons. The highest BCUT2D eigenvalue weighted by molar-refractivity contribution is 7.85. The van der Waals surface area contributed by atoms with Crippen molar-refractivity contribution in [2.45, 2.75) is 96.9 Å². The van der Waals surface area contributed by atoms with Crippen LogP contribution in [0.25, 0.3) is 0 Å². The van der Waals surface area contributed by atoms with Crippen molar-refractivity contribution < 1.29 is 33.1 Å². The highest BCUT2D eigenvalue weighted by Gasteiger charge is 2.65. The van der Waals surface area contributed by atoms with Gasteiger partial charge < -0.3 is 15.3 Å². The topological polar surface area (TPSA) is 165 Å². The lowest BCUT2D eigenvalue weighted by molar-refractivity contribution is -0.207. The molecule has 0 aromatic rings. The molecule has 4 aliphatic carbocycles. The molecule has 4 rings (SSSR count). The lowest BCUT2D eigenvalue weighted by Gasteiger charge is -2.63. The predicted molar refractivity (Wildman–Crippen MR) is 136 cm³/mol. The van der Waals surface area contributed by atoms with Crippen LogP contribution in [-0.4, -0.2) is 69.8 Å². The molecule has 4 saturated carbocycles. The van der Waals surface area contributed by atoms with Crippen molar-refractivity contribution in [3.63, 3.8) is 0 Å². The Morgan fingerprint density at radius 1 is 1.08 bits per heavy atom. The Balaban J connectivity index is 1.45. The zero-order chi connectivity index (χ0) is 27.3. The number of amides is 1. The van der Waals surface area contributed by atoms with Gasteiger partial charge in [-0.3, -0.25) is 9.35 Å². The van der Waals surface area contributed by atoms with Gasteiger partial charge in [-0.2, -0.15) is 13.4 Å². The maximum atomic E-state index is 12.5. The number of hydrogen-bond donors (Lipinski definition) is 4. The second kappa shape index (κ2) is 10.4. The summed E-state index contributed by atoms with van der Waals surface area (Å²) in [5.41, 5.74) is -0.384. The molecule has 0 aromatic heterocycles. The number of aliphatic hydroxyl groups is 3. The molecular formula is C26H44N2O8S. The average molecular weight is 545 g/mol. The van der Waals surface area contributed by atoms with E-state index >= 15 is 0 Å². The molecule has 212 valence electrons. The first-order valence-corrected chi connectivity index (χ1v) is 15.5. The van der Waals surface area contributed by atoms with Gasteiger partial charge in [-0.1, -0.05) is 20.8 Å². The first-order chi connectivity index (χ1) is 17.2. The average Bonchev–Trinajstić information content (AvgIpc) is 3.17. The first-order valence-electron chi connectivity index (χ1n) is 13.8. The molecule has 0 aromatic carbocycles. The van der Waals surface area contributed by atoms with Crippen molar-refractivity contribution in [2.24, 2.45) is 51.6 Å². The minimum atomic E-state index is -4.32. The van der Waals surface area contributed by atoms with Crippen molar-refractivity contribution in [3.8, 4) is 0 Å². The fourth-order valence-electron chi connectivity index (χ4n) is 9.23. The van der Waals surface area contributed by atoms with Gasteiger partial charge in [0.15, 0.2) is 0 Å². The van der Waals surface area contributed by atoms with Crippen LogP contribution in [0.4, 0.5) is 0 Å². The van der Waals surface area contributed by atoms with Gasteiger partial charge >= 0.3 is 0 Å². The van der Waals surface area contributed by atoms with E-state index in [9.17, 15) is 33.4 Å². The molecule has 4 fully saturated rings. The van der Waals surface area contributed by atoms with Gasteiger partial charge in [-0.05, 0) is 97.7 Å². The van der Waals surface area contributed by atoms with E-state index in [4.69, 9.17) is 4.55 Å². The number of rotatable bonds is 8. The molecule has 10 nitrogen and oxygen atoms in total. The second-order valence-electron chi connectivity index (χ2n) is 12.9. The summed E-state index contributed by atoms with van der Waals surface area (Å²) in [6.45, 7) is 6.01. The molecule has 37 heavy (non-hydrogen) atoms. The van der Waals surface area contributed by atoms with Gasteiger partial charge in [0.2, 0.25) is 5.91 Å². The van der Waals surface area contributed by atoms with Gasteiger partial charge in [0.1, 0.15) is 0 Å². The van der Waals surface area contributed by atoms with Crippen LogP contribution < -0.4 is 0 Å².